The topological polar surface area (TPSA) is 61.8 Å². The van der Waals surface area contributed by atoms with E-state index < -0.39 is 0 Å². The van der Waals surface area contributed by atoms with Crippen LogP contribution < -0.4 is 15.5 Å². The molecule has 1 aliphatic carbocycles. The van der Waals surface area contributed by atoms with Crippen LogP contribution in [-0.2, 0) is 11.3 Å². The molecule has 7 heteroatoms. The van der Waals surface area contributed by atoms with Crippen molar-refractivity contribution in [1.29, 1.82) is 0 Å². The van der Waals surface area contributed by atoms with Crippen LogP contribution in [0.1, 0.15) is 51.5 Å². The van der Waals surface area contributed by atoms with Crippen LogP contribution in [0.4, 0.5) is 5.82 Å². The Balaban J connectivity index is 0.00000300. The monoisotopic (exact) mass is 515 g/mol. The smallest absolute Gasteiger partial charge is 0.191 e. The van der Waals surface area contributed by atoms with E-state index in [0.717, 1.165) is 75.0 Å². The molecule has 1 saturated heterocycles. The summed E-state index contributed by atoms with van der Waals surface area (Å²) in [6, 6.07) is 4.29. The van der Waals surface area contributed by atoms with E-state index in [1.807, 2.05) is 6.20 Å². The maximum absolute atomic E-state index is 5.68. The van der Waals surface area contributed by atoms with Crippen molar-refractivity contribution in [2.45, 2.75) is 52.5 Å². The summed E-state index contributed by atoms with van der Waals surface area (Å²) in [5.41, 5.74) is 1.14. The number of halogens is 1. The number of guanidine groups is 1. The van der Waals surface area contributed by atoms with Gasteiger partial charge in [0.2, 0.25) is 0 Å². The highest BCUT2D eigenvalue weighted by molar-refractivity contribution is 14.0. The Morgan fingerprint density at radius 1 is 1.21 bits per heavy atom. The largest absolute Gasteiger partial charge is 0.381 e. The highest BCUT2D eigenvalue weighted by Gasteiger charge is 2.20. The van der Waals surface area contributed by atoms with Gasteiger partial charge in [0.25, 0.3) is 0 Å². The van der Waals surface area contributed by atoms with Crippen molar-refractivity contribution in [3.05, 3.63) is 23.9 Å². The second kappa shape index (κ2) is 13.3. The molecule has 164 valence electrons. The molecule has 1 aliphatic heterocycles. The molecule has 1 saturated carbocycles. The molecule has 2 heterocycles. The SMILES string of the molecule is CCNC(=NCc1ccc(N2CCC(C)CC2)nc1)NCCCOCC1CC1.I. The van der Waals surface area contributed by atoms with Crippen molar-refractivity contribution in [3.8, 4) is 0 Å². The Morgan fingerprint density at radius 3 is 2.66 bits per heavy atom. The lowest BCUT2D eigenvalue weighted by Crippen LogP contribution is -2.38. The first kappa shape index (κ1) is 24.2. The molecule has 1 aromatic rings. The lowest BCUT2D eigenvalue weighted by atomic mass is 9.99. The average molecular weight is 515 g/mol. The normalized spacial score (nSPS) is 17.7. The van der Waals surface area contributed by atoms with Gasteiger partial charge in [-0.15, -0.1) is 24.0 Å². The van der Waals surface area contributed by atoms with E-state index in [1.165, 1.54) is 25.7 Å². The third-order valence-electron chi connectivity index (χ3n) is 5.49. The molecule has 0 aromatic carbocycles. The molecule has 2 aliphatic rings. The number of hydrogen-bond donors (Lipinski definition) is 2. The number of nitrogens with one attached hydrogen (secondary N) is 2. The molecule has 0 spiro atoms. The van der Waals surface area contributed by atoms with Crippen LogP contribution in [0, 0.1) is 11.8 Å². The van der Waals surface area contributed by atoms with Crippen molar-refractivity contribution in [2.75, 3.05) is 44.3 Å². The average Bonchev–Trinajstić information content (AvgIpc) is 3.54. The van der Waals surface area contributed by atoms with Crippen molar-refractivity contribution >= 4 is 35.8 Å². The summed E-state index contributed by atoms with van der Waals surface area (Å²) in [6.45, 7) is 10.8. The van der Waals surface area contributed by atoms with E-state index in [9.17, 15) is 0 Å². The Morgan fingerprint density at radius 2 is 2.00 bits per heavy atom. The predicted molar refractivity (Wildman–Crippen MR) is 131 cm³/mol. The van der Waals surface area contributed by atoms with Gasteiger partial charge in [0.05, 0.1) is 6.54 Å². The third kappa shape index (κ3) is 9.07. The molecule has 0 amide bonds. The van der Waals surface area contributed by atoms with Crippen LogP contribution in [0.5, 0.6) is 0 Å². The van der Waals surface area contributed by atoms with Crippen molar-refractivity contribution in [1.82, 2.24) is 15.6 Å². The number of nitrogens with zero attached hydrogens (tertiary/aromatic N) is 3. The molecule has 3 rings (SSSR count). The Bertz CT molecular complexity index is 598. The zero-order valence-corrected chi connectivity index (χ0v) is 20.4. The van der Waals surface area contributed by atoms with Crippen molar-refractivity contribution < 1.29 is 4.74 Å². The Kier molecular flexibility index (Phi) is 11.1. The first-order valence-corrected chi connectivity index (χ1v) is 11.0. The summed E-state index contributed by atoms with van der Waals surface area (Å²) in [5, 5.41) is 6.70. The summed E-state index contributed by atoms with van der Waals surface area (Å²) in [6.07, 6.45) is 8.19. The van der Waals surface area contributed by atoms with E-state index in [-0.39, 0.29) is 24.0 Å². The van der Waals surface area contributed by atoms with Gasteiger partial charge in [0.1, 0.15) is 5.82 Å². The van der Waals surface area contributed by atoms with E-state index in [2.05, 4.69) is 46.5 Å². The lowest BCUT2D eigenvalue weighted by Gasteiger charge is -2.31. The van der Waals surface area contributed by atoms with Gasteiger partial charge in [0, 0.05) is 45.6 Å². The fourth-order valence-corrected chi connectivity index (χ4v) is 3.36. The zero-order valence-electron chi connectivity index (χ0n) is 18.0. The molecule has 29 heavy (non-hydrogen) atoms. The predicted octanol–water partition coefficient (Wildman–Crippen LogP) is 3.81. The van der Waals surface area contributed by atoms with Gasteiger partial charge in [-0.3, -0.25) is 0 Å². The van der Waals surface area contributed by atoms with Gasteiger partial charge in [0.15, 0.2) is 5.96 Å². The number of anilines is 1. The fourth-order valence-electron chi connectivity index (χ4n) is 3.36. The third-order valence-corrected chi connectivity index (χ3v) is 5.49. The fraction of sp³-hybridized carbons (Fsp3) is 0.727. The molecule has 0 radical (unpaired) electrons. The van der Waals surface area contributed by atoms with Gasteiger partial charge in [-0.05, 0) is 62.5 Å². The van der Waals surface area contributed by atoms with Crippen LogP contribution in [0.25, 0.3) is 0 Å². The summed E-state index contributed by atoms with van der Waals surface area (Å²) in [7, 11) is 0. The van der Waals surface area contributed by atoms with E-state index in [0.29, 0.717) is 6.54 Å². The number of rotatable bonds is 10. The molecule has 2 N–H and O–H groups in total. The van der Waals surface area contributed by atoms with Gasteiger partial charge in [-0.2, -0.15) is 0 Å². The van der Waals surface area contributed by atoms with E-state index in [4.69, 9.17) is 9.73 Å². The molecular weight excluding hydrogens is 477 g/mol. The molecule has 1 aromatic heterocycles. The second-order valence-corrected chi connectivity index (χ2v) is 8.19. The van der Waals surface area contributed by atoms with E-state index >= 15 is 0 Å². The second-order valence-electron chi connectivity index (χ2n) is 8.19. The standard InChI is InChI=1S/C22H37N5O.HI/c1-3-23-22(24-11-4-14-28-17-19-5-6-19)26-16-20-7-8-21(25-15-20)27-12-9-18(2)10-13-27;/h7-8,15,18-19H,3-6,9-14,16-17H2,1-2H3,(H2,23,24,26);1H. The number of pyridine rings is 1. The quantitative estimate of drug-likeness (QED) is 0.215. The van der Waals surface area contributed by atoms with Crippen LogP contribution in [0.15, 0.2) is 23.3 Å². The maximum atomic E-state index is 5.68. The first-order chi connectivity index (χ1) is 13.7. The Labute approximate surface area is 193 Å². The highest BCUT2D eigenvalue weighted by atomic mass is 127. The highest BCUT2D eigenvalue weighted by Crippen LogP contribution is 2.28. The summed E-state index contributed by atoms with van der Waals surface area (Å²) in [4.78, 5) is 11.8. The van der Waals surface area contributed by atoms with Gasteiger partial charge in [-0.25, -0.2) is 9.98 Å². The van der Waals surface area contributed by atoms with Gasteiger partial charge < -0.3 is 20.3 Å². The van der Waals surface area contributed by atoms with Crippen LogP contribution in [0.3, 0.4) is 0 Å². The number of hydrogen-bond acceptors (Lipinski definition) is 4. The molecule has 2 fully saturated rings. The van der Waals surface area contributed by atoms with Crippen molar-refractivity contribution in [2.24, 2.45) is 16.8 Å². The summed E-state index contributed by atoms with van der Waals surface area (Å²) >= 11 is 0. The molecule has 0 unspecified atom stereocenters. The minimum absolute atomic E-state index is 0. The van der Waals surface area contributed by atoms with Gasteiger partial charge >= 0.3 is 0 Å². The molecule has 6 nitrogen and oxygen atoms in total. The first-order valence-electron chi connectivity index (χ1n) is 11.0. The number of ether oxygens (including phenoxy) is 1. The van der Waals surface area contributed by atoms with Crippen LogP contribution in [0.2, 0.25) is 0 Å². The summed E-state index contributed by atoms with van der Waals surface area (Å²) in [5.74, 6) is 3.63. The Hall–Kier alpha value is -1.09. The number of piperidine rings is 1. The van der Waals surface area contributed by atoms with E-state index in [1.54, 1.807) is 0 Å². The summed E-state index contributed by atoms with van der Waals surface area (Å²) < 4.78 is 5.68. The number of aliphatic imine (C=N–C) groups is 1. The maximum Gasteiger partial charge on any atom is 0.191 e. The molecule has 0 atom stereocenters. The van der Waals surface area contributed by atoms with Crippen LogP contribution >= 0.6 is 24.0 Å². The number of aromatic nitrogens is 1. The van der Waals surface area contributed by atoms with Gasteiger partial charge in [-0.1, -0.05) is 13.0 Å². The molecular formula is C22H38IN5O. The van der Waals surface area contributed by atoms with Crippen LogP contribution in [-0.4, -0.2) is 50.3 Å². The molecule has 0 bridgehead atoms. The minimum atomic E-state index is 0. The minimum Gasteiger partial charge on any atom is -0.381 e. The lowest BCUT2D eigenvalue weighted by molar-refractivity contribution is 0.123. The zero-order chi connectivity index (χ0) is 19.6. The van der Waals surface area contributed by atoms with Crippen molar-refractivity contribution in [3.63, 3.8) is 0 Å².